The average molecular weight is 244 g/mol. The summed E-state index contributed by atoms with van der Waals surface area (Å²) < 4.78 is 0. The van der Waals surface area contributed by atoms with Crippen molar-refractivity contribution in [3.63, 3.8) is 0 Å². The van der Waals surface area contributed by atoms with Crippen molar-refractivity contribution in [3.8, 4) is 0 Å². The zero-order valence-electron chi connectivity index (χ0n) is 10.5. The van der Waals surface area contributed by atoms with Crippen molar-refractivity contribution in [1.29, 1.82) is 0 Å². The third-order valence-corrected chi connectivity index (χ3v) is 2.70. The molecule has 18 heavy (non-hydrogen) atoms. The zero-order valence-corrected chi connectivity index (χ0v) is 10.5. The van der Waals surface area contributed by atoms with E-state index in [4.69, 9.17) is 5.84 Å². The summed E-state index contributed by atoms with van der Waals surface area (Å²) in [5.74, 6) is 6.89. The van der Waals surface area contributed by atoms with Crippen LogP contribution in [0.15, 0.2) is 30.9 Å². The molecule has 2 aromatic rings. The van der Waals surface area contributed by atoms with Gasteiger partial charge in [0.2, 0.25) is 0 Å². The van der Waals surface area contributed by atoms with E-state index in [1.807, 2.05) is 37.2 Å². The number of nitrogens with two attached hydrogens (primary N) is 1. The number of hydrogen-bond donors (Lipinski definition) is 2. The van der Waals surface area contributed by atoms with Gasteiger partial charge in [-0.15, -0.1) is 0 Å². The second-order valence-electron chi connectivity index (χ2n) is 4.03. The molecule has 6 nitrogen and oxygen atoms in total. The molecule has 0 amide bonds. The van der Waals surface area contributed by atoms with Gasteiger partial charge in [-0.25, -0.2) is 15.8 Å². The maximum absolute atomic E-state index is 5.40. The molecule has 6 heteroatoms. The van der Waals surface area contributed by atoms with Crippen LogP contribution in [0.3, 0.4) is 0 Å². The van der Waals surface area contributed by atoms with Crippen LogP contribution in [0.1, 0.15) is 11.1 Å². The molecule has 2 aromatic heterocycles. The lowest BCUT2D eigenvalue weighted by atomic mass is 10.2. The Morgan fingerprint density at radius 1 is 1.39 bits per heavy atom. The van der Waals surface area contributed by atoms with Crippen molar-refractivity contribution in [1.82, 2.24) is 15.0 Å². The number of rotatable bonds is 4. The summed E-state index contributed by atoms with van der Waals surface area (Å²) in [6.07, 6.45) is 5.10. The number of nitrogens with zero attached hydrogens (tertiary/aromatic N) is 4. The molecule has 0 saturated heterocycles. The fraction of sp³-hybridized carbons (Fsp3) is 0.250. The smallest absolute Gasteiger partial charge is 0.148 e. The average Bonchev–Trinajstić information content (AvgIpc) is 2.40. The van der Waals surface area contributed by atoms with E-state index in [0.717, 1.165) is 23.5 Å². The molecule has 2 heterocycles. The van der Waals surface area contributed by atoms with Crippen molar-refractivity contribution in [2.75, 3.05) is 17.4 Å². The molecule has 0 atom stereocenters. The number of pyridine rings is 1. The molecule has 2 rings (SSSR count). The summed E-state index contributed by atoms with van der Waals surface area (Å²) in [5.41, 5.74) is 4.61. The predicted octanol–water partition coefficient (Wildman–Crippen LogP) is 1.10. The molecular formula is C12H16N6. The van der Waals surface area contributed by atoms with Crippen LogP contribution in [-0.2, 0) is 6.54 Å². The summed E-state index contributed by atoms with van der Waals surface area (Å²) in [4.78, 5) is 14.5. The zero-order chi connectivity index (χ0) is 13.0. The van der Waals surface area contributed by atoms with Gasteiger partial charge in [0.25, 0.3) is 0 Å². The van der Waals surface area contributed by atoms with E-state index in [1.165, 1.54) is 6.33 Å². The normalized spacial score (nSPS) is 10.2. The predicted molar refractivity (Wildman–Crippen MR) is 70.9 cm³/mol. The van der Waals surface area contributed by atoms with Crippen LogP contribution in [0.25, 0.3) is 0 Å². The quantitative estimate of drug-likeness (QED) is 0.619. The first kappa shape index (κ1) is 12.3. The second-order valence-corrected chi connectivity index (χ2v) is 4.03. The Balaban J connectivity index is 2.21. The van der Waals surface area contributed by atoms with Gasteiger partial charge in [-0.1, -0.05) is 6.07 Å². The number of aromatic nitrogens is 3. The van der Waals surface area contributed by atoms with Crippen LogP contribution in [0.2, 0.25) is 0 Å². The minimum Gasteiger partial charge on any atom is -0.355 e. The van der Waals surface area contributed by atoms with Gasteiger partial charge < -0.3 is 10.3 Å². The number of hydrazine groups is 1. The second kappa shape index (κ2) is 5.42. The molecule has 0 spiro atoms. The van der Waals surface area contributed by atoms with E-state index in [-0.39, 0.29) is 0 Å². The van der Waals surface area contributed by atoms with Gasteiger partial charge in [-0.05, 0) is 18.6 Å². The van der Waals surface area contributed by atoms with Crippen molar-refractivity contribution < 1.29 is 0 Å². The van der Waals surface area contributed by atoms with Crippen LogP contribution < -0.4 is 16.2 Å². The minimum absolute atomic E-state index is 0.637. The largest absolute Gasteiger partial charge is 0.355 e. The van der Waals surface area contributed by atoms with Crippen molar-refractivity contribution in [3.05, 3.63) is 42.0 Å². The Kier molecular flexibility index (Phi) is 3.69. The lowest BCUT2D eigenvalue weighted by Crippen LogP contribution is -2.20. The first-order valence-electron chi connectivity index (χ1n) is 5.60. The Hall–Kier alpha value is -2.21. The Morgan fingerprint density at radius 3 is 2.89 bits per heavy atom. The fourth-order valence-electron chi connectivity index (χ4n) is 1.81. The number of nitrogens with one attached hydrogen (secondary N) is 1. The van der Waals surface area contributed by atoms with Gasteiger partial charge >= 0.3 is 0 Å². The third kappa shape index (κ3) is 2.54. The fourth-order valence-corrected chi connectivity index (χ4v) is 1.81. The molecule has 0 aliphatic rings. The van der Waals surface area contributed by atoms with Crippen molar-refractivity contribution >= 4 is 11.6 Å². The van der Waals surface area contributed by atoms with Gasteiger partial charge in [0.05, 0.1) is 0 Å². The van der Waals surface area contributed by atoms with Gasteiger partial charge in [0.1, 0.15) is 18.0 Å². The Labute approximate surface area is 106 Å². The van der Waals surface area contributed by atoms with Gasteiger partial charge in [0, 0.05) is 31.5 Å². The lowest BCUT2D eigenvalue weighted by molar-refractivity contribution is 0.877. The van der Waals surface area contributed by atoms with Crippen LogP contribution >= 0.6 is 0 Å². The Morgan fingerprint density at radius 2 is 2.22 bits per heavy atom. The number of anilines is 2. The SMILES string of the molecule is Cc1c(NN)ncnc1N(C)Cc1cccnc1. The highest BCUT2D eigenvalue weighted by Crippen LogP contribution is 2.21. The highest BCUT2D eigenvalue weighted by molar-refractivity contribution is 5.57. The highest BCUT2D eigenvalue weighted by Gasteiger charge is 2.10. The highest BCUT2D eigenvalue weighted by atomic mass is 15.3. The summed E-state index contributed by atoms with van der Waals surface area (Å²) in [7, 11) is 1.97. The van der Waals surface area contributed by atoms with Crippen LogP contribution in [-0.4, -0.2) is 22.0 Å². The lowest BCUT2D eigenvalue weighted by Gasteiger charge is -2.20. The maximum Gasteiger partial charge on any atom is 0.148 e. The van der Waals surface area contributed by atoms with Gasteiger partial charge in [0.15, 0.2) is 0 Å². The van der Waals surface area contributed by atoms with E-state index >= 15 is 0 Å². The third-order valence-electron chi connectivity index (χ3n) is 2.70. The summed E-state index contributed by atoms with van der Waals surface area (Å²) in [6.45, 7) is 2.67. The number of nitrogen functional groups attached to an aromatic ring is 1. The monoisotopic (exact) mass is 244 g/mol. The molecule has 3 N–H and O–H groups in total. The molecule has 0 unspecified atom stereocenters. The molecule has 0 aliphatic carbocycles. The van der Waals surface area contributed by atoms with E-state index in [0.29, 0.717) is 5.82 Å². The molecule has 0 aliphatic heterocycles. The first-order chi connectivity index (χ1) is 8.72. The molecule has 0 bridgehead atoms. The summed E-state index contributed by atoms with van der Waals surface area (Å²) >= 11 is 0. The van der Waals surface area contributed by atoms with E-state index < -0.39 is 0 Å². The molecule has 0 radical (unpaired) electrons. The molecule has 94 valence electrons. The Bertz CT molecular complexity index is 513. The van der Waals surface area contributed by atoms with E-state index in [2.05, 4.69) is 20.4 Å². The maximum atomic E-state index is 5.40. The molecule has 0 fully saturated rings. The van der Waals surface area contributed by atoms with Crippen LogP contribution in [0.5, 0.6) is 0 Å². The van der Waals surface area contributed by atoms with Gasteiger partial charge in [-0.3, -0.25) is 4.98 Å². The van der Waals surface area contributed by atoms with Crippen LogP contribution in [0, 0.1) is 6.92 Å². The van der Waals surface area contributed by atoms with Gasteiger partial charge in [-0.2, -0.15) is 0 Å². The summed E-state index contributed by atoms with van der Waals surface area (Å²) in [6, 6.07) is 3.95. The van der Waals surface area contributed by atoms with E-state index in [9.17, 15) is 0 Å². The van der Waals surface area contributed by atoms with Crippen molar-refractivity contribution in [2.24, 2.45) is 5.84 Å². The number of hydrogen-bond acceptors (Lipinski definition) is 6. The standard InChI is InChI=1S/C12H16N6/c1-9-11(17-13)15-8-16-12(9)18(2)7-10-4-3-5-14-6-10/h3-6,8H,7,13H2,1-2H3,(H,15,16,17). The molecule has 0 saturated carbocycles. The minimum atomic E-state index is 0.637. The molecule has 0 aromatic carbocycles. The van der Waals surface area contributed by atoms with E-state index in [1.54, 1.807) is 6.20 Å². The van der Waals surface area contributed by atoms with Crippen LogP contribution in [0.4, 0.5) is 11.6 Å². The molecular weight excluding hydrogens is 228 g/mol. The topological polar surface area (TPSA) is 80.0 Å². The van der Waals surface area contributed by atoms with Crippen molar-refractivity contribution in [2.45, 2.75) is 13.5 Å². The first-order valence-corrected chi connectivity index (χ1v) is 5.60. The summed E-state index contributed by atoms with van der Waals surface area (Å²) in [5, 5.41) is 0.